The number of urea groups is 1. The van der Waals surface area contributed by atoms with Crippen LogP contribution in [-0.2, 0) is 4.79 Å². The second kappa shape index (κ2) is 8.58. The van der Waals surface area contributed by atoms with Gasteiger partial charge in [0.05, 0.1) is 6.04 Å². The Morgan fingerprint density at radius 1 is 1.07 bits per heavy atom. The maximum absolute atomic E-state index is 12.8. The first-order chi connectivity index (χ1) is 13.7. The van der Waals surface area contributed by atoms with Crippen molar-refractivity contribution < 1.29 is 9.59 Å². The fourth-order valence-electron chi connectivity index (χ4n) is 4.33. The number of amides is 3. The number of nitrogens with zero attached hydrogens (tertiary/aromatic N) is 4. The summed E-state index contributed by atoms with van der Waals surface area (Å²) in [5.41, 5.74) is 0.790. The number of nitrogens with one attached hydrogen (secondary N) is 2. The van der Waals surface area contributed by atoms with Crippen LogP contribution >= 0.6 is 0 Å². The molecule has 3 heterocycles. The molecular formula is C20H28N6O2. The number of hydrogen-bond acceptors (Lipinski definition) is 4. The lowest BCUT2D eigenvalue weighted by Crippen LogP contribution is -2.44. The summed E-state index contributed by atoms with van der Waals surface area (Å²) in [5.74, 6) is 0.859. The standard InChI is InChI=1S/C20H28N6O2/c27-18(11-12-21-20(28)22-15-7-2-1-3-8-15)25-14-6-9-16(25)19-24-23-17-10-4-5-13-26(17)19/h4-5,10,13,15-16H,1-3,6-9,11-12,14H2,(H2,21,22,28). The molecule has 0 bridgehead atoms. The van der Waals surface area contributed by atoms with E-state index in [9.17, 15) is 9.59 Å². The van der Waals surface area contributed by atoms with E-state index in [0.717, 1.165) is 43.7 Å². The second-order valence-corrected chi connectivity index (χ2v) is 7.72. The van der Waals surface area contributed by atoms with Crippen molar-refractivity contribution in [1.82, 2.24) is 30.1 Å². The van der Waals surface area contributed by atoms with Crippen molar-refractivity contribution in [2.24, 2.45) is 0 Å². The highest BCUT2D eigenvalue weighted by molar-refractivity contribution is 5.79. The number of rotatable bonds is 5. The van der Waals surface area contributed by atoms with Crippen molar-refractivity contribution in [3.8, 4) is 0 Å². The Bertz CT molecular complexity index is 829. The zero-order valence-electron chi connectivity index (χ0n) is 16.1. The molecule has 0 aromatic carbocycles. The van der Waals surface area contributed by atoms with E-state index >= 15 is 0 Å². The van der Waals surface area contributed by atoms with Gasteiger partial charge in [-0.25, -0.2) is 4.79 Å². The molecule has 1 saturated heterocycles. The minimum atomic E-state index is -0.166. The molecule has 1 saturated carbocycles. The van der Waals surface area contributed by atoms with Gasteiger partial charge in [-0.15, -0.1) is 10.2 Å². The first-order valence-corrected chi connectivity index (χ1v) is 10.4. The predicted octanol–water partition coefficient (Wildman–Crippen LogP) is 2.41. The quantitative estimate of drug-likeness (QED) is 0.828. The zero-order chi connectivity index (χ0) is 19.3. The molecule has 2 aromatic heterocycles. The normalized spacial score (nSPS) is 20.4. The van der Waals surface area contributed by atoms with Crippen LogP contribution in [0.3, 0.4) is 0 Å². The molecule has 0 spiro atoms. The number of fused-ring (bicyclic) bond motifs is 1. The fraction of sp³-hybridized carbons (Fsp3) is 0.600. The van der Waals surface area contributed by atoms with E-state index in [1.807, 2.05) is 33.7 Å². The van der Waals surface area contributed by atoms with Gasteiger partial charge in [0.2, 0.25) is 5.91 Å². The zero-order valence-corrected chi connectivity index (χ0v) is 16.1. The molecule has 3 amide bonds. The van der Waals surface area contributed by atoms with Crippen LogP contribution in [0, 0.1) is 0 Å². The number of aromatic nitrogens is 3. The van der Waals surface area contributed by atoms with Crippen LogP contribution in [0.5, 0.6) is 0 Å². The lowest BCUT2D eigenvalue weighted by atomic mass is 9.96. The van der Waals surface area contributed by atoms with Gasteiger partial charge < -0.3 is 15.5 Å². The van der Waals surface area contributed by atoms with Crippen LogP contribution in [0.4, 0.5) is 4.79 Å². The van der Waals surface area contributed by atoms with Crippen molar-refractivity contribution in [2.45, 2.75) is 63.5 Å². The monoisotopic (exact) mass is 384 g/mol. The summed E-state index contributed by atoms with van der Waals surface area (Å²) in [6, 6.07) is 5.83. The molecule has 8 heteroatoms. The maximum atomic E-state index is 12.8. The Morgan fingerprint density at radius 2 is 1.93 bits per heavy atom. The molecule has 4 rings (SSSR count). The number of pyridine rings is 1. The topological polar surface area (TPSA) is 91.6 Å². The minimum Gasteiger partial charge on any atom is -0.338 e. The molecule has 150 valence electrons. The Balaban J connectivity index is 1.29. The van der Waals surface area contributed by atoms with E-state index < -0.39 is 0 Å². The van der Waals surface area contributed by atoms with Crippen molar-refractivity contribution in [2.75, 3.05) is 13.1 Å². The maximum Gasteiger partial charge on any atom is 0.315 e. The van der Waals surface area contributed by atoms with Gasteiger partial charge >= 0.3 is 6.03 Å². The minimum absolute atomic E-state index is 0.0492. The molecule has 1 unspecified atom stereocenters. The van der Waals surface area contributed by atoms with Gasteiger partial charge in [-0.2, -0.15) is 0 Å². The van der Waals surface area contributed by atoms with Gasteiger partial charge in [0.1, 0.15) is 0 Å². The number of carbonyl (C=O) groups is 2. The molecule has 2 fully saturated rings. The lowest BCUT2D eigenvalue weighted by molar-refractivity contribution is -0.132. The summed E-state index contributed by atoms with van der Waals surface area (Å²) < 4.78 is 1.95. The number of hydrogen-bond donors (Lipinski definition) is 2. The first kappa shape index (κ1) is 18.7. The summed E-state index contributed by atoms with van der Waals surface area (Å²) in [6.45, 7) is 1.07. The third-order valence-corrected chi connectivity index (χ3v) is 5.78. The van der Waals surface area contributed by atoms with Gasteiger partial charge in [0, 0.05) is 31.7 Å². The second-order valence-electron chi connectivity index (χ2n) is 7.72. The lowest BCUT2D eigenvalue weighted by Gasteiger charge is -2.24. The Morgan fingerprint density at radius 3 is 2.79 bits per heavy atom. The van der Waals surface area contributed by atoms with Gasteiger partial charge in [-0.05, 0) is 37.8 Å². The Hall–Kier alpha value is -2.64. The van der Waals surface area contributed by atoms with Gasteiger partial charge in [0.15, 0.2) is 11.5 Å². The van der Waals surface area contributed by atoms with Gasteiger partial charge in [0.25, 0.3) is 0 Å². The van der Waals surface area contributed by atoms with E-state index in [0.29, 0.717) is 13.0 Å². The molecule has 2 aromatic rings. The third-order valence-electron chi connectivity index (χ3n) is 5.78. The van der Waals surface area contributed by atoms with Crippen LogP contribution in [0.15, 0.2) is 24.4 Å². The van der Waals surface area contributed by atoms with Crippen LogP contribution in [0.2, 0.25) is 0 Å². The van der Waals surface area contributed by atoms with E-state index in [1.54, 1.807) is 0 Å². The van der Waals surface area contributed by atoms with Crippen molar-refractivity contribution in [3.63, 3.8) is 0 Å². The molecule has 28 heavy (non-hydrogen) atoms. The van der Waals surface area contributed by atoms with Gasteiger partial charge in [-0.1, -0.05) is 25.3 Å². The highest BCUT2D eigenvalue weighted by atomic mass is 16.2. The van der Waals surface area contributed by atoms with Crippen LogP contribution in [0.25, 0.3) is 5.65 Å². The van der Waals surface area contributed by atoms with E-state index in [4.69, 9.17) is 0 Å². The molecular weight excluding hydrogens is 356 g/mol. The SMILES string of the molecule is O=C(NCCC(=O)N1CCCC1c1nnc2ccccn12)NC1CCCCC1. The molecule has 1 aliphatic heterocycles. The molecule has 8 nitrogen and oxygen atoms in total. The van der Waals surface area contributed by atoms with E-state index in [-0.39, 0.29) is 24.0 Å². The summed E-state index contributed by atoms with van der Waals surface area (Å²) in [5, 5.41) is 14.4. The summed E-state index contributed by atoms with van der Waals surface area (Å²) in [7, 11) is 0. The van der Waals surface area contributed by atoms with Crippen molar-refractivity contribution in [1.29, 1.82) is 0 Å². The number of likely N-dealkylation sites (tertiary alicyclic amines) is 1. The Kier molecular flexibility index (Phi) is 5.73. The average Bonchev–Trinajstić information content (AvgIpc) is 3.35. The molecule has 2 aliphatic rings. The molecule has 1 aliphatic carbocycles. The largest absolute Gasteiger partial charge is 0.338 e. The average molecular weight is 384 g/mol. The predicted molar refractivity (Wildman–Crippen MR) is 105 cm³/mol. The van der Waals surface area contributed by atoms with Crippen LogP contribution in [0.1, 0.15) is 63.2 Å². The first-order valence-electron chi connectivity index (χ1n) is 10.4. The van der Waals surface area contributed by atoms with Gasteiger partial charge in [-0.3, -0.25) is 9.20 Å². The summed E-state index contributed by atoms with van der Waals surface area (Å²) in [4.78, 5) is 26.7. The highest BCUT2D eigenvalue weighted by Gasteiger charge is 2.32. The number of carbonyl (C=O) groups excluding carboxylic acids is 2. The molecule has 0 radical (unpaired) electrons. The molecule has 1 atom stereocenters. The summed E-state index contributed by atoms with van der Waals surface area (Å²) >= 11 is 0. The van der Waals surface area contributed by atoms with Crippen LogP contribution in [-0.4, -0.2) is 50.6 Å². The smallest absolute Gasteiger partial charge is 0.315 e. The van der Waals surface area contributed by atoms with Crippen molar-refractivity contribution >= 4 is 17.6 Å². The third kappa shape index (κ3) is 4.10. The summed E-state index contributed by atoms with van der Waals surface area (Å²) in [6.07, 6.45) is 9.78. The van der Waals surface area contributed by atoms with E-state index in [2.05, 4.69) is 20.8 Å². The fourth-order valence-corrected chi connectivity index (χ4v) is 4.33. The Labute approximate surface area is 164 Å². The van der Waals surface area contributed by atoms with E-state index in [1.165, 1.54) is 19.3 Å². The highest BCUT2D eigenvalue weighted by Crippen LogP contribution is 2.31. The van der Waals surface area contributed by atoms with Crippen molar-refractivity contribution in [3.05, 3.63) is 30.2 Å². The molecule has 2 N–H and O–H groups in total. The van der Waals surface area contributed by atoms with Crippen LogP contribution < -0.4 is 10.6 Å².